The molecule has 1 amide bonds. The molecular formula is C23H22F2N8O4. The highest BCUT2D eigenvalue weighted by atomic mass is 19.3. The first kappa shape index (κ1) is 24.2. The molecule has 14 heteroatoms. The lowest BCUT2D eigenvalue weighted by molar-refractivity contribution is -0.144. The summed E-state index contributed by atoms with van der Waals surface area (Å²) in [6.45, 7) is -0.177. The number of hydrogen-bond donors (Lipinski definition) is 2. The molecular weight excluding hydrogens is 490 g/mol. The van der Waals surface area contributed by atoms with Crippen LogP contribution < -0.4 is 10.1 Å². The maximum absolute atomic E-state index is 12.7. The number of carbonyl (C=O) groups is 1. The van der Waals surface area contributed by atoms with E-state index >= 15 is 0 Å². The molecule has 192 valence electrons. The summed E-state index contributed by atoms with van der Waals surface area (Å²) in [7, 11) is 2.99. The highest BCUT2D eigenvalue weighted by Crippen LogP contribution is 2.34. The Morgan fingerprint density at radius 2 is 1.97 bits per heavy atom. The van der Waals surface area contributed by atoms with Crippen LogP contribution in [0.4, 0.5) is 20.4 Å². The second-order valence-corrected chi connectivity index (χ2v) is 8.38. The van der Waals surface area contributed by atoms with Gasteiger partial charge >= 0.3 is 0 Å². The zero-order valence-corrected chi connectivity index (χ0v) is 19.8. The van der Waals surface area contributed by atoms with Crippen LogP contribution in [0.25, 0.3) is 22.8 Å². The minimum absolute atomic E-state index is 0.0545. The van der Waals surface area contributed by atoms with Gasteiger partial charge in [0.25, 0.3) is 18.2 Å². The normalized spacial score (nSPS) is 17.6. The minimum Gasteiger partial charge on any atom is -0.478 e. The summed E-state index contributed by atoms with van der Waals surface area (Å²) in [6.07, 6.45) is 0.524. The number of nitrogens with one attached hydrogen (secondary N) is 1. The predicted octanol–water partition coefficient (Wildman–Crippen LogP) is 2.46. The number of likely N-dealkylation sites (tertiary alicyclic amines) is 1. The van der Waals surface area contributed by atoms with Gasteiger partial charge in [-0.05, 0) is 18.2 Å². The van der Waals surface area contributed by atoms with E-state index in [1.807, 2.05) is 0 Å². The molecule has 5 heterocycles. The summed E-state index contributed by atoms with van der Waals surface area (Å²) < 4.78 is 37.0. The standard InChI is InChI=1S/C23H22F2N8O4/c1-32-9-7-23(35,21(32)34)18-10-16(31-37-18)14-5-3-4-13(27-14)15-6-8-26-22(28-15)29-17-11-33(12-19(24)25)30-20(17)36-2/h3-6,8,10-11,19,35H,7,9,12H2,1-2H3,(H,26,28,29)/t23-/m1/s1. The molecule has 1 aliphatic heterocycles. The van der Waals surface area contributed by atoms with E-state index in [-0.39, 0.29) is 24.0 Å². The quantitative estimate of drug-likeness (QED) is 0.361. The van der Waals surface area contributed by atoms with E-state index in [2.05, 4.69) is 30.5 Å². The Labute approximate surface area is 208 Å². The van der Waals surface area contributed by atoms with Crippen molar-refractivity contribution in [2.75, 3.05) is 26.0 Å². The van der Waals surface area contributed by atoms with Crippen LogP contribution in [0, 0.1) is 0 Å². The van der Waals surface area contributed by atoms with Crippen molar-refractivity contribution < 1.29 is 27.9 Å². The van der Waals surface area contributed by atoms with Crippen molar-refractivity contribution in [3.05, 3.63) is 48.5 Å². The average Bonchev–Trinajstić information content (AvgIpc) is 3.60. The van der Waals surface area contributed by atoms with Crippen LogP contribution in [-0.2, 0) is 16.9 Å². The second kappa shape index (κ2) is 9.54. The van der Waals surface area contributed by atoms with Gasteiger partial charge in [-0.2, -0.15) is 0 Å². The maximum Gasteiger partial charge on any atom is 0.262 e. The highest BCUT2D eigenvalue weighted by Gasteiger charge is 2.48. The molecule has 5 rings (SSSR count). The molecule has 1 fully saturated rings. The van der Waals surface area contributed by atoms with Gasteiger partial charge < -0.3 is 24.6 Å². The van der Waals surface area contributed by atoms with E-state index in [1.54, 1.807) is 31.3 Å². The average molecular weight is 512 g/mol. The number of pyridine rings is 1. The van der Waals surface area contributed by atoms with E-state index in [1.165, 1.54) is 30.5 Å². The molecule has 0 spiro atoms. The van der Waals surface area contributed by atoms with Crippen molar-refractivity contribution in [1.82, 2.24) is 34.8 Å². The Bertz CT molecular complexity index is 1440. The smallest absolute Gasteiger partial charge is 0.262 e. The number of likely N-dealkylation sites (N-methyl/N-ethyl adjacent to an activating group) is 1. The molecule has 37 heavy (non-hydrogen) atoms. The van der Waals surface area contributed by atoms with E-state index < -0.39 is 24.5 Å². The molecule has 1 saturated heterocycles. The first-order valence-electron chi connectivity index (χ1n) is 11.2. The van der Waals surface area contributed by atoms with Gasteiger partial charge in [0.2, 0.25) is 11.5 Å². The fourth-order valence-electron chi connectivity index (χ4n) is 3.95. The van der Waals surface area contributed by atoms with Crippen molar-refractivity contribution >= 4 is 17.5 Å². The third-order valence-electron chi connectivity index (χ3n) is 5.85. The number of alkyl halides is 2. The molecule has 0 bridgehead atoms. The number of nitrogens with zero attached hydrogens (tertiary/aromatic N) is 7. The van der Waals surface area contributed by atoms with Gasteiger partial charge in [-0.1, -0.05) is 11.2 Å². The van der Waals surface area contributed by atoms with Gasteiger partial charge in [-0.25, -0.2) is 23.7 Å². The molecule has 0 saturated carbocycles. The van der Waals surface area contributed by atoms with Crippen LogP contribution in [-0.4, -0.2) is 72.9 Å². The molecule has 12 nitrogen and oxygen atoms in total. The lowest BCUT2D eigenvalue weighted by atomic mass is 9.98. The lowest BCUT2D eigenvalue weighted by Gasteiger charge is -2.16. The fourth-order valence-corrected chi connectivity index (χ4v) is 3.95. The molecule has 0 aliphatic carbocycles. The molecule has 1 atom stereocenters. The summed E-state index contributed by atoms with van der Waals surface area (Å²) >= 11 is 0. The van der Waals surface area contributed by atoms with E-state index in [9.17, 15) is 18.7 Å². The summed E-state index contributed by atoms with van der Waals surface area (Å²) in [5, 5.41) is 21.7. The van der Waals surface area contributed by atoms with Gasteiger partial charge in [0.05, 0.1) is 30.4 Å². The van der Waals surface area contributed by atoms with Gasteiger partial charge in [0, 0.05) is 32.3 Å². The van der Waals surface area contributed by atoms with Crippen LogP contribution >= 0.6 is 0 Å². The van der Waals surface area contributed by atoms with Crippen molar-refractivity contribution in [3.63, 3.8) is 0 Å². The monoisotopic (exact) mass is 512 g/mol. The zero-order valence-electron chi connectivity index (χ0n) is 19.8. The second-order valence-electron chi connectivity index (χ2n) is 8.38. The molecule has 0 aromatic carbocycles. The number of carbonyl (C=O) groups excluding carboxylic acids is 1. The number of anilines is 2. The number of aromatic nitrogens is 6. The number of hydrogen-bond acceptors (Lipinski definition) is 10. The Hall–Kier alpha value is -4.46. The SMILES string of the molecule is COc1nn(CC(F)F)cc1Nc1nccc(-c2cccc(-c3cc([C@]4(O)CCN(C)C4=O)on3)n2)n1. The maximum atomic E-state index is 12.7. The Morgan fingerprint density at radius 1 is 1.22 bits per heavy atom. The van der Waals surface area contributed by atoms with Gasteiger partial charge in [-0.15, -0.1) is 5.10 Å². The lowest BCUT2D eigenvalue weighted by Crippen LogP contribution is -2.35. The number of aliphatic hydroxyl groups is 1. The Morgan fingerprint density at radius 3 is 2.68 bits per heavy atom. The van der Waals surface area contributed by atoms with E-state index in [0.29, 0.717) is 35.0 Å². The molecule has 2 N–H and O–H groups in total. The number of amides is 1. The topological polar surface area (TPSA) is 144 Å². The number of methoxy groups -OCH3 is 1. The molecule has 1 aliphatic rings. The van der Waals surface area contributed by atoms with Crippen LogP contribution in [0.2, 0.25) is 0 Å². The highest BCUT2D eigenvalue weighted by molar-refractivity contribution is 5.87. The van der Waals surface area contributed by atoms with E-state index in [4.69, 9.17) is 9.26 Å². The molecule has 0 unspecified atom stereocenters. The zero-order chi connectivity index (χ0) is 26.2. The molecule has 4 aromatic heterocycles. The van der Waals surface area contributed by atoms with E-state index in [0.717, 1.165) is 4.68 Å². The van der Waals surface area contributed by atoms with Gasteiger partial charge in [-0.3, -0.25) is 9.48 Å². The molecule has 0 radical (unpaired) electrons. The van der Waals surface area contributed by atoms with Crippen LogP contribution in [0.5, 0.6) is 5.88 Å². The van der Waals surface area contributed by atoms with Gasteiger partial charge in [0.15, 0.2) is 5.76 Å². The summed E-state index contributed by atoms with van der Waals surface area (Å²) in [4.78, 5) is 27.0. The number of rotatable bonds is 8. The largest absolute Gasteiger partial charge is 0.478 e. The third-order valence-corrected chi connectivity index (χ3v) is 5.85. The van der Waals surface area contributed by atoms with Crippen molar-refractivity contribution in [2.45, 2.75) is 25.0 Å². The Balaban J connectivity index is 1.39. The Kier molecular flexibility index (Phi) is 6.25. The first-order chi connectivity index (χ1) is 17.8. The predicted molar refractivity (Wildman–Crippen MR) is 125 cm³/mol. The number of ether oxygens (including phenoxy) is 1. The third kappa shape index (κ3) is 4.70. The number of halogens is 2. The summed E-state index contributed by atoms with van der Waals surface area (Å²) in [5.74, 6) is -0.104. The summed E-state index contributed by atoms with van der Waals surface area (Å²) in [6, 6.07) is 8.35. The van der Waals surface area contributed by atoms with Crippen LogP contribution in [0.1, 0.15) is 12.2 Å². The first-order valence-corrected chi connectivity index (χ1v) is 11.2. The molecule has 4 aromatic rings. The van der Waals surface area contributed by atoms with Crippen LogP contribution in [0.3, 0.4) is 0 Å². The fraction of sp³-hybridized carbons (Fsp3) is 0.304. The van der Waals surface area contributed by atoms with Crippen molar-refractivity contribution in [1.29, 1.82) is 0 Å². The van der Waals surface area contributed by atoms with Crippen molar-refractivity contribution in [3.8, 4) is 28.7 Å². The van der Waals surface area contributed by atoms with Gasteiger partial charge in [0.1, 0.15) is 17.9 Å². The summed E-state index contributed by atoms with van der Waals surface area (Å²) in [5.41, 5.74) is 0.308. The van der Waals surface area contributed by atoms with Crippen molar-refractivity contribution in [2.24, 2.45) is 0 Å². The minimum atomic E-state index is -2.57. The van der Waals surface area contributed by atoms with Crippen LogP contribution in [0.15, 0.2) is 47.2 Å².